The molecule has 1 aliphatic rings. The largest absolute Gasteiger partial charge is 0.334 e. The average molecular weight is 190 g/mol. The Morgan fingerprint density at radius 1 is 1.36 bits per heavy atom. The van der Waals surface area contributed by atoms with Crippen molar-refractivity contribution in [2.24, 2.45) is 7.05 Å². The summed E-state index contributed by atoms with van der Waals surface area (Å²) in [5.74, 6) is 1.72. The van der Waals surface area contributed by atoms with E-state index in [0.29, 0.717) is 5.92 Å². The summed E-state index contributed by atoms with van der Waals surface area (Å²) in [4.78, 5) is 4.69. The second-order valence-corrected chi connectivity index (χ2v) is 4.51. The van der Waals surface area contributed by atoms with Crippen LogP contribution >= 0.6 is 0 Å². The van der Waals surface area contributed by atoms with Crippen molar-refractivity contribution in [3.05, 3.63) is 22.8 Å². The molecule has 14 heavy (non-hydrogen) atoms. The minimum atomic E-state index is 0.513. The van der Waals surface area contributed by atoms with Gasteiger partial charge in [0.25, 0.3) is 0 Å². The second-order valence-electron chi connectivity index (χ2n) is 4.51. The molecule has 0 saturated heterocycles. The van der Waals surface area contributed by atoms with Crippen molar-refractivity contribution in [1.29, 1.82) is 0 Å². The quantitative estimate of drug-likeness (QED) is 0.665. The fraction of sp³-hybridized carbons (Fsp3) is 0.583. The Kier molecular flexibility index (Phi) is 2.22. The van der Waals surface area contributed by atoms with Crippen molar-refractivity contribution in [1.82, 2.24) is 9.55 Å². The molecule has 0 atom stereocenters. The van der Waals surface area contributed by atoms with Crippen molar-refractivity contribution < 1.29 is 0 Å². The molecule has 0 unspecified atom stereocenters. The molecule has 76 valence electrons. The summed E-state index contributed by atoms with van der Waals surface area (Å²) in [7, 11) is 2.13. The Balaban J connectivity index is 2.52. The highest BCUT2D eigenvalue weighted by Crippen LogP contribution is 2.26. The van der Waals surface area contributed by atoms with Crippen LogP contribution in [-0.2, 0) is 13.5 Å². The summed E-state index contributed by atoms with van der Waals surface area (Å²) < 4.78 is 2.27. The molecule has 0 saturated carbocycles. The van der Waals surface area contributed by atoms with Crippen LogP contribution in [0.15, 0.2) is 5.57 Å². The highest BCUT2D eigenvalue weighted by molar-refractivity contribution is 5.54. The van der Waals surface area contributed by atoms with Gasteiger partial charge in [-0.3, -0.25) is 0 Å². The number of aromatic nitrogens is 2. The van der Waals surface area contributed by atoms with Crippen LogP contribution in [0.25, 0.3) is 6.08 Å². The zero-order valence-corrected chi connectivity index (χ0v) is 9.46. The summed E-state index contributed by atoms with van der Waals surface area (Å²) in [6, 6.07) is 0. The van der Waals surface area contributed by atoms with Gasteiger partial charge >= 0.3 is 0 Å². The lowest BCUT2D eigenvalue weighted by Crippen LogP contribution is -2.05. The molecule has 1 aromatic heterocycles. The first-order valence-electron chi connectivity index (χ1n) is 5.32. The summed E-state index contributed by atoms with van der Waals surface area (Å²) in [6.07, 6.45) is 4.56. The molecular weight excluding hydrogens is 172 g/mol. The van der Waals surface area contributed by atoms with Crippen molar-refractivity contribution in [2.75, 3.05) is 0 Å². The SMILES string of the molecule is CC1=Cc2nc(C(C)C)n(C)c2CC1. The number of hydrogen-bond donors (Lipinski definition) is 0. The fourth-order valence-corrected chi connectivity index (χ4v) is 2.12. The lowest BCUT2D eigenvalue weighted by molar-refractivity contribution is 0.684. The Bertz CT molecular complexity index is 383. The van der Waals surface area contributed by atoms with Crippen LogP contribution in [0.2, 0.25) is 0 Å². The molecule has 0 amide bonds. The zero-order valence-electron chi connectivity index (χ0n) is 9.46. The van der Waals surface area contributed by atoms with E-state index in [2.05, 4.69) is 43.4 Å². The molecule has 2 nitrogen and oxygen atoms in total. The molecule has 1 heterocycles. The van der Waals surface area contributed by atoms with Gasteiger partial charge in [-0.1, -0.05) is 19.4 Å². The zero-order chi connectivity index (χ0) is 10.3. The van der Waals surface area contributed by atoms with Gasteiger partial charge in [0.2, 0.25) is 0 Å². The minimum Gasteiger partial charge on any atom is -0.334 e. The topological polar surface area (TPSA) is 17.8 Å². The highest BCUT2D eigenvalue weighted by Gasteiger charge is 2.17. The Morgan fingerprint density at radius 3 is 2.71 bits per heavy atom. The number of rotatable bonds is 1. The van der Waals surface area contributed by atoms with Crippen molar-refractivity contribution in [3.63, 3.8) is 0 Å². The molecule has 2 rings (SSSR count). The Morgan fingerprint density at radius 2 is 2.07 bits per heavy atom. The maximum Gasteiger partial charge on any atom is 0.111 e. The van der Waals surface area contributed by atoms with Crippen molar-refractivity contribution in [2.45, 2.75) is 39.5 Å². The van der Waals surface area contributed by atoms with Gasteiger partial charge in [0.1, 0.15) is 5.82 Å². The first-order valence-corrected chi connectivity index (χ1v) is 5.32. The Hall–Kier alpha value is -1.05. The number of nitrogens with zero attached hydrogens (tertiary/aromatic N) is 2. The predicted octanol–water partition coefficient (Wildman–Crippen LogP) is 2.89. The van der Waals surface area contributed by atoms with E-state index >= 15 is 0 Å². The number of fused-ring (bicyclic) bond motifs is 1. The predicted molar refractivity (Wildman–Crippen MR) is 59.3 cm³/mol. The third-order valence-corrected chi connectivity index (χ3v) is 2.93. The van der Waals surface area contributed by atoms with Crippen LogP contribution in [0.5, 0.6) is 0 Å². The van der Waals surface area contributed by atoms with Crippen LogP contribution in [0, 0.1) is 0 Å². The molecule has 0 N–H and O–H groups in total. The van der Waals surface area contributed by atoms with E-state index in [1.54, 1.807) is 0 Å². The van der Waals surface area contributed by atoms with Gasteiger partial charge in [-0.05, 0) is 25.8 Å². The number of imidazole rings is 1. The summed E-state index contributed by atoms with van der Waals surface area (Å²) in [5, 5.41) is 0. The normalized spacial score (nSPS) is 15.6. The van der Waals surface area contributed by atoms with Gasteiger partial charge in [-0.2, -0.15) is 0 Å². The van der Waals surface area contributed by atoms with E-state index in [1.165, 1.54) is 29.2 Å². The van der Waals surface area contributed by atoms with E-state index in [0.717, 1.165) is 6.42 Å². The van der Waals surface area contributed by atoms with E-state index in [9.17, 15) is 0 Å². The second kappa shape index (κ2) is 3.26. The van der Waals surface area contributed by atoms with Crippen LogP contribution in [-0.4, -0.2) is 9.55 Å². The molecule has 0 aliphatic heterocycles. The molecule has 0 radical (unpaired) electrons. The van der Waals surface area contributed by atoms with Crippen molar-refractivity contribution >= 4 is 6.08 Å². The molecule has 1 aliphatic carbocycles. The van der Waals surface area contributed by atoms with Gasteiger partial charge in [-0.15, -0.1) is 0 Å². The molecule has 2 heteroatoms. The van der Waals surface area contributed by atoms with Crippen LogP contribution in [0.3, 0.4) is 0 Å². The molecule has 0 bridgehead atoms. The first-order chi connectivity index (χ1) is 6.59. The van der Waals surface area contributed by atoms with Gasteiger partial charge in [0.15, 0.2) is 0 Å². The third-order valence-electron chi connectivity index (χ3n) is 2.93. The van der Waals surface area contributed by atoms with Gasteiger partial charge in [-0.25, -0.2) is 4.98 Å². The smallest absolute Gasteiger partial charge is 0.111 e. The maximum absolute atomic E-state index is 4.69. The number of hydrogen-bond acceptors (Lipinski definition) is 1. The Labute approximate surface area is 85.7 Å². The summed E-state index contributed by atoms with van der Waals surface area (Å²) in [6.45, 7) is 6.58. The molecule has 1 aromatic rings. The maximum atomic E-state index is 4.69. The molecule has 0 spiro atoms. The lowest BCUT2D eigenvalue weighted by Gasteiger charge is -2.11. The lowest BCUT2D eigenvalue weighted by atomic mass is 10.0. The molecular formula is C12H18N2. The van der Waals surface area contributed by atoms with E-state index in [-0.39, 0.29) is 0 Å². The van der Waals surface area contributed by atoms with Gasteiger partial charge in [0, 0.05) is 18.7 Å². The average Bonchev–Trinajstić information content (AvgIpc) is 2.43. The van der Waals surface area contributed by atoms with Crippen LogP contribution in [0.1, 0.15) is 50.3 Å². The van der Waals surface area contributed by atoms with E-state index < -0.39 is 0 Å². The summed E-state index contributed by atoms with van der Waals surface area (Å²) in [5.41, 5.74) is 4.05. The van der Waals surface area contributed by atoms with Gasteiger partial charge < -0.3 is 4.57 Å². The first kappa shape index (κ1) is 9.50. The van der Waals surface area contributed by atoms with Gasteiger partial charge in [0.05, 0.1) is 5.69 Å². The number of allylic oxidation sites excluding steroid dienone is 1. The van der Waals surface area contributed by atoms with E-state index in [1.807, 2.05) is 0 Å². The van der Waals surface area contributed by atoms with Crippen LogP contribution in [0.4, 0.5) is 0 Å². The van der Waals surface area contributed by atoms with Crippen molar-refractivity contribution in [3.8, 4) is 0 Å². The third kappa shape index (κ3) is 1.39. The standard InChI is InChI=1S/C12H18N2/c1-8(2)12-13-10-7-9(3)5-6-11(10)14(12)4/h7-8H,5-6H2,1-4H3. The minimum absolute atomic E-state index is 0.513. The highest BCUT2D eigenvalue weighted by atomic mass is 15.1. The molecule has 0 fully saturated rings. The van der Waals surface area contributed by atoms with E-state index in [4.69, 9.17) is 0 Å². The molecule has 0 aromatic carbocycles. The van der Waals surface area contributed by atoms with Crippen LogP contribution < -0.4 is 0 Å². The fourth-order valence-electron chi connectivity index (χ4n) is 2.12. The summed E-state index contributed by atoms with van der Waals surface area (Å²) >= 11 is 0. The monoisotopic (exact) mass is 190 g/mol.